The Kier molecular flexibility index (Phi) is 3.96. The summed E-state index contributed by atoms with van der Waals surface area (Å²) in [6, 6.07) is 0. The maximum absolute atomic E-state index is 5.58. The Hall–Kier alpha value is -0.0800. The summed E-state index contributed by atoms with van der Waals surface area (Å²) >= 11 is 0. The molecule has 0 aromatic heterocycles. The van der Waals surface area contributed by atoms with Crippen LogP contribution in [0.5, 0.6) is 0 Å². The van der Waals surface area contributed by atoms with Crippen molar-refractivity contribution in [2.45, 2.75) is 40.0 Å². The molecule has 1 aliphatic rings. The fourth-order valence-corrected chi connectivity index (χ4v) is 2.07. The highest BCUT2D eigenvalue weighted by molar-refractivity contribution is 5.01. The molecule has 1 N–H and O–H groups in total. The van der Waals surface area contributed by atoms with Crippen LogP contribution >= 0.6 is 0 Å². The molecule has 1 aliphatic carbocycles. The maximum Gasteiger partial charge on any atom is 0.0590 e. The second kappa shape index (κ2) is 4.63. The standard InChI is InChI=1S/C12H25NO/c1-11(2,3)12(5-6-12)7-9-14-10-8-13-4/h13H,5-10H2,1-4H3. The molecule has 0 amide bonds. The average Bonchev–Trinajstić information content (AvgIpc) is 2.84. The van der Waals surface area contributed by atoms with Gasteiger partial charge in [0.25, 0.3) is 0 Å². The highest BCUT2D eigenvalue weighted by Crippen LogP contribution is 2.60. The summed E-state index contributed by atoms with van der Waals surface area (Å²) in [6.45, 7) is 9.80. The van der Waals surface area contributed by atoms with Gasteiger partial charge in [-0.25, -0.2) is 0 Å². The van der Waals surface area contributed by atoms with Gasteiger partial charge in [-0.2, -0.15) is 0 Å². The Labute approximate surface area is 88.4 Å². The third-order valence-electron chi connectivity index (χ3n) is 3.67. The molecule has 84 valence electrons. The molecule has 0 spiro atoms. The lowest BCUT2D eigenvalue weighted by Gasteiger charge is -2.30. The number of hydrogen-bond acceptors (Lipinski definition) is 2. The zero-order valence-corrected chi connectivity index (χ0v) is 10.2. The van der Waals surface area contributed by atoms with Crippen molar-refractivity contribution >= 4 is 0 Å². The van der Waals surface area contributed by atoms with Crippen molar-refractivity contribution in [3.05, 3.63) is 0 Å². The Morgan fingerprint density at radius 3 is 2.29 bits per heavy atom. The topological polar surface area (TPSA) is 21.3 Å². The predicted octanol–water partition coefficient (Wildman–Crippen LogP) is 2.44. The molecule has 0 unspecified atom stereocenters. The molecule has 1 saturated carbocycles. The van der Waals surface area contributed by atoms with Crippen LogP contribution in [0.4, 0.5) is 0 Å². The quantitative estimate of drug-likeness (QED) is 0.663. The molecule has 0 aromatic carbocycles. The molecule has 14 heavy (non-hydrogen) atoms. The van der Waals surface area contributed by atoms with Gasteiger partial charge in [-0.1, -0.05) is 20.8 Å². The number of nitrogens with one attached hydrogen (secondary N) is 1. The third-order valence-corrected chi connectivity index (χ3v) is 3.67. The van der Waals surface area contributed by atoms with E-state index < -0.39 is 0 Å². The van der Waals surface area contributed by atoms with Gasteiger partial charge < -0.3 is 10.1 Å². The molecular formula is C12H25NO. The van der Waals surface area contributed by atoms with Gasteiger partial charge >= 0.3 is 0 Å². The Balaban J connectivity index is 2.12. The van der Waals surface area contributed by atoms with Crippen LogP contribution in [-0.4, -0.2) is 26.8 Å². The van der Waals surface area contributed by atoms with Crippen LogP contribution < -0.4 is 5.32 Å². The fourth-order valence-electron chi connectivity index (χ4n) is 2.07. The lowest BCUT2D eigenvalue weighted by atomic mass is 9.76. The molecule has 0 heterocycles. The summed E-state index contributed by atoms with van der Waals surface area (Å²) < 4.78 is 5.58. The minimum Gasteiger partial charge on any atom is -0.380 e. The second-order valence-electron chi connectivity index (χ2n) is 5.50. The monoisotopic (exact) mass is 199 g/mol. The van der Waals surface area contributed by atoms with Crippen LogP contribution in [0.1, 0.15) is 40.0 Å². The Bertz CT molecular complexity index is 168. The summed E-state index contributed by atoms with van der Waals surface area (Å²) in [5.41, 5.74) is 1.05. The lowest BCUT2D eigenvalue weighted by molar-refractivity contribution is 0.0895. The van der Waals surface area contributed by atoms with Crippen molar-refractivity contribution in [1.82, 2.24) is 5.32 Å². The van der Waals surface area contributed by atoms with Gasteiger partial charge in [0.05, 0.1) is 6.61 Å². The molecule has 1 fully saturated rings. The van der Waals surface area contributed by atoms with Crippen LogP contribution in [0.15, 0.2) is 0 Å². The predicted molar refractivity (Wildman–Crippen MR) is 60.5 cm³/mol. The van der Waals surface area contributed by atoms with Crippen molar-refractivity contribution in [1.29, 1.82) is 0 Å². The van der Waals surface area contributed by atoms with Gasteiger partial charge in [0.15, 0.2) is 0 Å². The first-order valence-corrected chi connectivity index (χ1v) is 5.74. The molecular weight excluding hydrogens is 174 g/mol. The van der Waals surface area contributed by atoms with Crippen LogP contribution in [0.3, 0.4) is 0 Å². The smallest absolute Gasteiger partial charge is 0.0590 e. The van der Waals surface area contributed by atoms with Crippen molar-refractivity contribution in [3.8, 4) is 0 Å². The normalized spacial score (nSPS) is 19.7. The third kappa shape index (κ3) is 2.96. The van der Waals surface area contributed by atoms with Crippen LogP contribution in [0, 0.1) is 10.8 Å². The minimum absolute atomic E-state index is 0.458. The summed E-state index contributed by atoms with van der Waals surface area (Å²) in [5, 5.41) is 3.09. The second-order valence-corrected chi connectivity index (χ2v) is 5.50. The van der Waals surface area contributed by atoms with E-state index >= 15 is 0 Å². The number of likely N-dealkylation sites (N-methyl/N-ethyl adjacent to an activating group) is 1. The van der Waals surface area contributed by atoms with Crippen LogP contribution in [0.25, 0.3) is 0 Å². The van der Waals surface area contributed by atoms with E-state index in [0.717, 1.165) is 19.8 Å². The molecule has 0 saturated heterocycles. The van der Waals surface area contributed by atoms with Crippen LogP contribution in [0.2, 0.25) is 0 Å². The molecule has 2 heteroatoms. The highest BCUT2D eigenvalue weighted by atomic mass is 16.5. The van der Waals surface area contributed by atoms with E-state index in [1.165, 1.54) is 19.3 Å². The first-order chi connectivity index (χ1) is 6.52. The first kappa shape index (κ1) is 12.0. The van der Waals surface area contributed by atoms with Crippen molar-refractivity contribution < 1.29 is 4.74 Å². The zero-order valence-electron chi connectivity index (χ0n) is 10.2. The van der Waals surface area contributed by atoms with E-state index in [1.807, 2.05) is 7.05 Å². The van der Waals surface area contributed by atoms with Gasteiger partial charge in [0.1, 0.15) is 0 Å². The van der Waals surface area contributed by atoms with Gasteiger partial charge in [-0.05, 0) is 37.1 Å². The molecule has 0 atom stereocenters. The summed E-state index contributed by atoms with van der Waals surface area (Å²) in [7, 11) is 1.96. The van der Waals surface area contributed by atoms with Gasteiger partial charge in [0, 0.05) is 13.2 Å². The van der Waals surface area contributed by atoms with Crippen molar-refractivity contribution in [2.24, 2.45) is 10.8 Å². The average molecular weight is 199 g/mol. The first-order valence-electron chi connectivity index (χ1n) is 5.74. The van der Waals surface area contributed by atoms with Crippen molar-refractivity contribution in [3.63, 3.8) is 0 Å². The zero-order chi connectivity index (χ0) is 10.7. The SMILES string of the molecule is CNCCOCCC1(C(C)(C)C)CC1. The van der Waals surface area contributed by atoms with E-state index in [2.05, 4.69) is 26.1 Å². The lowest BCUT2D eigenvalue weighted by Crippen LogP contribution is -2.24. The summed E-state index contributed by atoms with van der Waals surface area (Å²) in [5.74, 6) is 0. The van der Waals surface area contributed by atoms with E-state index in [9.17, 15) is 0 Å². The number of rotatable bonds is 6. The highest BCUT2D eigenvalue weighted by Gasteiger charge is 2.50. The maximum atomic E-state index is 5.58. The number of ether oxygens (including phenoxy) is 1. The molecule has 2 nitrogen and oxygen atoms in total. The van der Waals surface area contributed by atoms with E-state index in [-0.39, 0.29) is 0 Å². The Morgan fingerprint density at radius 2 is 1.86 bits per heavy atom. The largest absolute Gasteiger partial charge is 0.380 e. The fraction of sp³-hybridized carbons (Fsp3) is 1.00. The molecule has 1 rings (SSSR count). The van der Waals surface area contributed by atoms with E-state index in [4.69, 9.17) is 4.74 Å². The van der Waals surface area contributed by atoms with Crippen LogP contribution in [-0.2, 0) is 4.74 Å². The summed E-state index contributed by atoms with van der Waals surface area (Å²) in [6.07, 6.45) is 4.03. The molecule has 0 aliphatic heterocycles. The van der Waals surface area contributed by atoms with Gasteiger partial charge in [-0.3, -0.25) is 0 Å². The molecule has 0 radical (unpaired) electrons. The van der Waals surface area contributed by atoms with E-state index in [1.54, 1.807) is 0 Å². The summed E-state index contributed by atoms with van der Waals surface area (Å²) in [4.78, 5) is 0. The molecule has 0 bridgehead atoms. The van der Waals surface area contributed by atoms with Crippen molar-refractivity contribution in [2.75, 3.05) is 26.8 Å². The van der Waals surface area contributed by atoms with Gasteiger partial charge in [0.2, 0.25) is 0 Å². The Morgan fingerprint density at radius 1 is 1.21 bits per heavy atom. The minimum atomic E-state index is 0.458. The van der Waals surface area contributed by atoms with Gasteiger partial charge in [-0.15, -0.1) is 0 Å². The number of hydrogen-bond donors (Lipinski definition) is 1. The molecule has 0 aromatic rings. The van der Waals surface area contributed by atoms with E-state index in [0.29, 0.717) is 10.8 Å².